The summed E-state index contributed by atoms with van der Waals surface area (Å²) in [6.45, 7) is 6.56. The molecule has 6 nitrogen and oxygen atoms in total. The molecule has 0 bridgehead atoms. The zero-order chi connectivity index (χ0) is 21.3. The van der Waals surface area contributed by atoms with Crippen LogP contribution < -0.4 is 16.4 Å². The Balaban J connectivity index is 1.65. The highest BCUT2D eigenvalue weighted by Crippen LogP contribution is 2.33. The van der Waals surface area contributed by atoms with Crippen molar-refractivity contribution in [1.82, 2.24) is 14.7 Å². The van der Waals surface area contributed by atoms with Crippen molar-refractivity contribution in [2.45, 2.75) is 102 Å². The van der Waals surface area contributed by atoms with E-state index in [1.54, 1.807) is 0 Å². The minimum Gasteiger partial charge on any atom is -0.367 e. The predicted molar refractivity (Wildman–Crippen MR) is 122 cm³/mol. The van der Waals surface area contributed by atoms with Crippen molar-refractivity contribution in [3.8, 4) is 0 Å². The van der Waals surface area contributed by atoms with Crippen molar-refractivity contribution in [1.29, 1.82) is 0 Å². The number of imidazole rings is 1. The number of nitrogens with one attached hydrogen (secondary N) is 2. The van der Waals surface area contributed by atoms with Gasteiger partial charge in [-0.05, 0) is 50.7 Å². The van der Waals surface area contributed by atoms with E-state index in [0.717, 1.165) is 42.8 Å². The number of anilines is 1. The van der Waals surface area contributed by atoms with Crippen molar-refractivity contribution in [3.05, 3.63) is 29.6 Å². The molecule has 30 heavy (non-hydrogen) atoms. The molecule has 0 saturated heterocycles. The van der Waals surface area contributed by atoms with Crippen LogP contribution in [0.3, 0.4) is 0 Å². The number of nitrogens with two attached hydrogens (primary N) is 1. The number of rotatable bonds is 4. The van der Waals surface area contributed by atoms with Crippen LogP contribution in [0.15, 0.2) is 18.3 Å². The van der Waals surface area contributed by atoms with Crippen LogP contribution in [-0.4, -0.2) is 33.4 Å². The maximum Gasteiger partial charge on any atom is 0.255 e. The van der Waals surface area contributed by atoms with Gasteiger partial charge in [-0.15, -0.1) is 0 Å². The van der Waals surface area contributed by atoms with E-state index in [4.69, 9.17) is 10.7 Å². The topological polar surface area (TPSA) is 84.5 Å². The van der Waals surface area contributed by atoms with Gasteiger partial charge in [-0.2, -0.15) is 0 Å². The summed E-state index contributed by atoms with van der Waals surface area (Å²) < 4.78 is 2.08. The van der Waals surface area contributed by atoms with E-state index in [9.17, 15) is 4.79 Å². The Bertz CT molecular complexity index is 883. The summed E-state index contributed by atoms with van der Waals surface area (Å²) in [5, 5.41) is 7.01. The molecule has 0 aliphatic heterocycles. The normalized spacial score (nSPS) is 23.5. The van der Waals surface area contributed by atoms with Crippen LogP contribution in [0, 0.1) is 0 Å². The highest BCUT2D eigenvalue weighted by Gasteiger charge is 2.28. The molecule has 2 aliphatic rings. The van der Waals surface area contributed by atoms with Crippen LogP contribution in [0.4, 0.5) is 5.82 Å². The van der Waals surface area contributed by atoms with Crippen molar-refractivity contribution >= 4 is 17.4 Å². The first-order valence-electron chi connectivity index (χ1n) is 11.7. The van der Waals surface area contributed by atoms with Crippen molar-refractivity contribution in [2.24, 2.45) is 5.73 Å². The standard InChI is InChI=1S/C24H37N5O/c1-24(2,3)20-22(26-17-8-5-4-6-9-17)29-15-7-10-19(21(29)28-20)23(30)27-18-13-11-16(25)12-14-18/h7,10,15-18,26H,4-6,8-9,11-14,25H2,1-3H3,(H,27,30). The third kappa shape index (κ3) is 4.48. The molecule has 2 saturated carbocycles. The molecular formula is C24H37N5O. The monoisotopic (exact) mass is 411 g/mol. The van der Waals surface area contributed by atoms with Crippen LogP contribution >= 0.6 is 0 Å². The van der Waals surface area contributed by atoms with Gasteiger partial charge in [0, 0.05) is 29.7 Å². The molecular weight excluding hydrogens is 374 g/mol. The van der Waals surface area contributed by atoms with Gasteiger partial charge in [0.05, 0.1) is 11.3 Å². The van der Waals surface area contributed by atoms with Gasteiger partial charge in [0.15, 0.2) is 5.65 Å². The molecule has 2 aromatic rings. The van der Waals surface area contributed by atoms with E-state index in [2.05, 4.69) is 35.8 Å². The van der Waals surface area contributed by atoms with Gasteiger partial charge >= 0.3 is 0 Å². The Kier molecular flexibility index (Phi) is 6.05. The number of aromatic nitrogens is 2. The lowest BCUT2D eigenvalue weighted by atomic mass is 9.91. The molecule has 0 spiro atoms. The summed E-state index contributed by atoms with van der Waals surface area (Å²) in [5.41, 5.74) is 8.32. The molecule has 1 amide bonds. The van der Waals surface area contributed by atoms with Gasteiger partial charge < -0.3 is 16.4 Å². The summed E-state index contributed by atoms with van der Waals surface area (Å²) in [4.78, 5) is 18.1. The molecule has 164 valence electrons. The lowest BCUT2D eigenvalue weighted by Gasteiger charge is -2.27. The van der Waals surface area contributed by atoms with Gasteiger partial charge in [0.1, 0.15) is 5.82 Å². The van der Waals surface area contributed by atoms with Crippen LogP contribution in [0.1, 0.15) is 94.6 Å². The second kappa shape index (κ2) is 8.58. The maximum absolute atomic E-state index is 13.2. The fourth-order valence-electron chi connectivity index (χ4n) is 4.87. The first kappa shape index (κ1) is 21.2. The Morgan fingerprint density at radius 3 is 2.43 bits per heavy atom. The van der Waals surface area contributed by atoms with Crippen molar-refractivity contribution in [2.75, 3.05) is 5.32 Å². The van der Waals surface area contributed by atoms with Crippen LogP contribution in [0.25, 0.3) is 5.65 Å². The van der Waals surface area contributed by atoms with Crippen LogP contribution in [0.2, 0.25) is 0 Å². The summed E-state index contributed by atoms with van der Waals surface area (Å²) in [6, 6.07) is 4.80. The number of amides is 1. The number of nitrogens with zero attached hydrogens (tertiary/aromatic N) is 2. The van der Waals surface area contributed by atoms with Crippen molar-refractivity contribution in [3.63, 3.8) is 0 Å². The molecule has 2 aliphatic carbocycles. The first-order valence-corrected chi connectivity index (χ1v) is 11.7. The Hall–Kier alpha value is -2.08. The SMILES string of the molecule is CC(C)(C)c1nc2c(C(=O)NC3CCC(N)CC3)cccn2c1NC1CCCCC1. The highest BCUT2D eigenvalue weighted by atomic mass is 16.1. The minimum atomic E-state index is -0.115. The molecule has 2 fully saturated rings. The van der Waals surface area contributed by atoms with E-state index in [1.165, 1.54) is 32.1 Å². The molecule has 0 aromatic carbocycles. The van der Waals surface area contributed by atoms with Gasteiger partial charge in [-0.3, -0.25) is 9.20 Å². The van der Waals surface area contributed by atoms with Gasteiger partial charge in [0.25, 0.3) is 5.91 Å². The summed E-state index contributed by atoms with van der Waals surface area (Å²) in [5.74, 6) is 1.01. The van der Waals surface area contributed by atoms with Crippen molar-refractivity contribution < 1.29 is 4.79 Å². The molecule has 6 heteroatoms. The van der Waals surface area contributed by atoms with Gasteiger partial charge in [-0.1, -0.05) is 40.0 Å². The first-order chi connectivity index (χ1) is 14.3. The Morgan fingerprint density at radius 2 is 1.77 bits per heavy atom. The summed E-state index contributed by atoms with van der Waals surface area (Å²) in [7, 11) is 0. The fourth-order valence-corrected chi connectivity index (χ4v) is 4.87. The average Bonchev–Trinajstić information content (AvgIpc) is 3.09. The zero-order valence-electron chi connectivity index (χ0n) is 18.7. The molecule has 2 aromatic heterocycles. The Morgan fingerprint density at radius 1 is 1.07 bits per heavy atom. The molecule has 0 radical (unpaired) electrons. The van der Waals surface area contributed by atoms with Gasteiger partial charge in [0.2, 0.25) is 0 Å². The largest absolute Gasteiger partial charge is 0.367 e. The lowest BCUT2D eigenvalue weighted by molar-refractivity contribution is 0.0927. The predicted octanol–water partition coefficient (Wildman–Crippen LogP) is 4.38. The smallest absolute Gasteiger partial charge is 0.255 e. The van der Waals surface area contributed by atoms with Crippen LogP contribution in [0.5, 0.6) is 0 Å². The molecule has 2 heterocycles. The van der Waals surface area contributed by atoms with Crippen LogP contribution in [-0.2, 0) is 5.41 Å². The average molecular weight is 412 g/mol. The molecule has 0 atom stereocenters. The second-order valence-corrected chi connectivity index (χ2v) is 10.2. The maximum atomic E-state index is 13.2. The number of carbonyl (C=O) groups excluding carboxylic acids is 1. The van der Waals surface area contributed by atoms with E-state index in [-0.39, 0.29) is 23.4 Å². The van der Waals surface area contributed by atoms with Gasteiger partial charge in [-0.25, -0.2) is 4.98 Å². The number of hydrogen-bond acceptors (Lipinski definition) is 4. The third-order valence-corrected chi connectivity index (χ3v) is 6.66. The molecule has 0 unspecified atom stereocenters. The second-order valence-electron chi connectivity index (χ2n) is 10.2. The lowest BCUT2D eigenvalue weighted by Crippen LogP contribution is -2.40. The summed E-state index contributed by atoms with van der Waals surface area (Å²) in [6.07, 6.45) is 12.1. The van der Waals surface area contributed by atoms with E-state index < -0.39 is 0 Å². The number of fused-ring (bicyclic) bond motifs is 1. The molecule has 4 N–H and O–H groups in total. The zero-order valence-corrected chi connectivity index (χ0v) is 18.7. The fraction of sp³-hybridized carbons (Fsp3) is 0.667. The highest BCUT2D eigenvalue weighted by molar-refractivity contribution is 6.00. The van der Waals surface area contributed by atoms with E-state index in [1.807, 2.05) is 18.3 Å². The molecule has 4 rings (SSSR count). The number of carbonyl (C=O) groups is 1. The Labute approximate surface area is 180 Å². The number of hydrogen-bond donors (Lipinski definition) is 3. The third-order valence-electron chi connectivity index (χ3n) is 6.66. The minimum absolute atomic E-state index is 0.0317. The number of pyridine rings is 1. The van der Waals surface area contributed by atoms with E-state index >= 15 is 0 Å². The van der Waals surface area contributed by atoms with E-state index in [0.29, 0.717) is 11.6 Å². The quantitative estimate of drug-likeness (QED) is 0.697. The summed E-state index contributed by atoms with van der Waals surface area (Å²) >= 11 is 0.